The number of ether oxygens (including phenoxy) is 6. The Kier molecular flexibility index (Phi) is 17.1. The topological polar surface area (TPSA) is 89.5 Å². The third-order valence-electron chi connectivity index (χ3n) is 13.1. The molecule has 0 aromatic rings. The van der Waals surface area contributed by atoms with Crippen LogP contribution in [-0.2, 0) is 38.0 Å². The van der Waals surface area contributed by atoms with E-state index >= 15 is 0 Å². The fourth-order valence-corrected chi connectivity index (χ4v) is 9.96. The molecule has 8 nitrogen and oxygen atoms in total. The maximum atomic E-state index is 11.2. The van der Waals surface area contributed by atoms with Gasteiger partial charge in [0, 0.05) is 12.2 Å². The Balaban J connectivity index is 0.903. The van der Waals surface area contributed by atoms with Crippen molar-refractivity contribution in [1.82, 2.24) is 0 Å². The summed E-state index contributed by atoms with van der Waals surface area (Å²) in [6, 6.07) is 0. The Morgan fingerprint density at radius 2 is 0.820 bits per heavy atom. The second-order valence-electron chi connectivity index (χ2n) is 16.3. The normalized spacial score (nSPS) is 35.1. The average Bonchev–Trinajstić information content (AvgIpc) is 3.17. The first-order valence-corrected chi connectivity index (χ1v) is 20.6. The van der Waals surface area contributed by atoms with Gasteiger partial charge in [-0.25, -0.2) is 9.59 Å². The molecular weight excluding hydrogens is 632 g/mol. The molecule has 2 atom stereocenters. The van der Waals surface area contributed by atoms with E-state index in [2.05, 4.69) is 13.2 Å². The van der Waals surface area contributed by atoms with E-state index in [1.807, 2.05) is 0 Å². The van der Waals surface area contributed by atoms with E-state index in [9.17, 15) is 9.59 Å². The Morgan fingerprint density at radius 1 is 0.500 bits per heavy atom. The molecule has 0 spiro atoms. The van der Waals surface area contributed by atoms with Crippen molar-refractivity contribution in [2.75, 3.05) is 39.6 Å². The molecule has 5 rings (SSSR count). The van der Waals surface area contributed by atoms with E-state index in [0.29, 0.717) is 38.3 Å². The van der Waals surface area contributed by atoms with Gasteiger partial charge in [0.05, 0.1) is 39.6 Å². The first-order chi connectivity index (χ1) is 24.5. The summed E-state index contributed by atoms with van der Waals surface area (Å²) in [6.45, 7) is 10.6. The second-order valence-corrected chi connectivity index (χ2v) is 16.3. The van der Waals surface area contributed by atoms with Gasteiger partial charge >= 0.3 is 11.9 Å². The Morgan fingerprint density at radius 3 is 1.14 bits per heavy atom. The fraction of sp³-hybridized carbons (Fsp3) is 0.857. The predicted molar refractivity (Wildman–Crippen MR) is 194 cm³/mol. The fourth-order valence-electron chi connectivity index (χ4n) is 9.96. The molecule has 0 radical (unpaired) electrons. The van der Waals surface area contributed by atoms with Crippen LogP contribution in [0.5, 0.6) is 0 Å². The van der Waals surface area contributed by atoms with Crippen LogP contribution in [0, 0.1) is 47.3 Å². The Labute approximate surface area is 302 Å². The minimum absolute atomic E-state index is 0.309. The highest BCUT2D eigenvalue weighted by atomic mass is 16.8. The van der Waals surface area contributed by atoms with Crippen molar-refractivity contribution in [1.29, 1.82) is 0 Å². The summed E-state index contributed by atoms with van der Waals surface area (Å²) in [6.07, 6.45) is 26.9. The van der Waals surface area contributed by atoms with E-state index in [1.165, 1.54) is 128 Å². The van der Waals surface area contributed by atoms with Gasteiger partial charge in [-0.3, -0.25) is 0 Å². The Bertz CT molecular complexity index is 919. The summed E-state index contributed by atoms with van der Waals surface area (Å²) in [5, 5.41) is 0. The van der Waals surface area contributed by atoms with E-state index in [-0.39, 0.29) is 11.9 Å². The van der Waals surface area contributed by atoms with Crippen LogP contribution >= 0.6 is 0 Å². The second kappa shape index (κ2) is 21.7. The zero-order chi connectivity index (χ0) is 35.0. The molecule has 1 heterocycles. The molecule has 5 aliphatic rings. The lowest BCUT2D eigenvalue weighted by Gasteiger charge is -2.39. The van der Waals surface area contributed by atoms with Gasteiger partial charge in [-0.2, -0.15) is 0 Å². The maximum absolute atomic E-state index is 11.2. The zero-order valence-electron chi connectivity index (χ0n) is 31.0. The minimum atomic E-state index is -0.419. The van der Waals surface area contributed by atoms with E-state index in [4.69, 9.17) is 28.4 Å². The van der Waals surface area contributed by atoms with Gasteiger partial charge in [0.15, 0.2) is 0 Å². The number of hydrogen-bond acceptors (Lipinski definition) is 8. The monoisotopic (exact) mass is 700 g/mol. The number of carbonyl (C=O) groups excluding carboxylic acids is 2. The average molecular weight is 701 g/mol. The molecular formula is C42H68O8. The molecule has 0 N–H and O–H groups in total. The predicted octanol–water partition coefficient (Wildman–Crippen LogP) is 8.96. The first-order valence-electron chi connectivity index (χ1n) is 20.6. The quantitative estimate of drug-likeness (QED) is 0.0796. The highest BCUT2D eigenvalue weighted by Crippen LogP contribution is 2.44. The van der Waals surface area contributed by atoms with Gasteiger partial charge in [-0.05, 0) is 150 Å². The van der Waals surface area contributed by atoms with Gasteiger partial charge in [-0.1, -0.05) is 38.8 Å². The first kappa shape index (κ1) is 39.5. The van der Waals surface area contributed by atoms with Crippen LogP contribution in [0.4, 0.5) is 0 Å². The van der Waals surface area contributed by atoms with Gasteiger partial charge < -0.3 is 28.4 Å². The Hall–Kier alpha value is -1.74. The molecule has 5 fully saturated rings. The summed E-state index contributed by atoms with van der Waals surface area (Å²) >= 11 is 0. The summed E-state index contributed by atoms with van der Waals surface area (Å²) in [5.41, 5.74) is 0. The lowest BCUT2D eigenvalue weighted by atomic mass is 9.69. The van der Waals surface area contributed by atoms with Crippen molar-refractivity contribution in [3.05, 3.63) is 25.3 Å². The smallest absolute Gasteiger partial charge is 0.330 e. The third kappa shape index (κ3) is 13.0. The summed E-state index contributed by atoms with van der Waals surface area (Å²) < 4.78 is 35.1. The zero-order valence-corrected chi connectivity index (χ0v) is 31.0. The van der Waals surface area contributed by atoms with Crippen molar-refractivity contribution in [2.24, 2.45) is 47.3 Å². The van der Waals surface area contributed by atoms with Crippen LogP contribution in [0.15, 0.2) is 25.3 Å². The standard InChI is InChI=1S/C42H68O8/c1-3-39(43)45-25-5-7-31-9-17-35(18-10-31)37-21-13-33(14-22-37)29-49-41-42(48-28-27-47-41)50-30-34-15-23-38(24-16-34)36-19-11-32(12-20-36)8-6-26-46-40(44)4-2/h3-4,31-38,41-42H,1-2,5-30H2/t31?,32?,33?,34?,35?,36?,37?,38?,41-,42-/m1/s1. The van der Waals surface area contributed by atoms with Crippen molar-refractivity contribution in [3.63, 3.8) is 0 Å². The molecule has 8 heteroatoms. The van der Waals surface area contributed by atoms with Crippen LogP contribution in [-0.4, -0.2) is 64.2 Å². The molecule has 284 valence electrons. The largest absolute Gasteiger partial charge is 0.463 e. The van der Waals surface area contributed by atoms with Gasteiger partial charge in [-0.15, -0.1) is 0 Å². The van der Waals surface area contributed by atoms with Gasteiger partial charge in [0.25, 0.3) is 0 Å². The van der Waals surface area contributed by atoms with Crippen LogP contribution < -0.4 is 0 Å². The molecule has 50 heavy (non-hydrogen) atoms. The molecule has 4 aliphatic carbocycles. The number of rotatable bonds is 18. The molecule has 0 aromatic carbocycles. The van der Waals surface area contributed by atoms with Crippen LogP contribution in [0.1, 0.15) is 128 Å². The SMILES string of the molecule is C=CC(=O)OCCCC1CCC(C2CCC(CO[C@H]3OCCO[C@@H]3OCC3CCC(C4CCC(CCCOC(=O)C=C)CC4)CC3)CC2)CC1. The van der Waals surface area contributed by atoms with E-state index in [0.717, 1.165) is 61.6 Å². The summed E-state index contributed by atoms with van der Waals surface area (Å²) in [5.74, 6) is 5.64. The van der Waals surface area contributed by atoms with Crippen molar-refractivity contribution >= 4 is 11.9 Å². The molecule has 1 aliphatic heterocycles. The summed E-state index contributed by atoms with van der Waals surface area (Å²) in [7, 11) is 0. The molecule has 4 saturated carbocycles. The molecule has 0 unspecified atom stereocenters. The van der Waals surface area contributed by atoms with Gasteiger partial charge in [0.1, 0.15) is 0 Å². The van der Waals surface area contributed by atoms with Crippen molar-refractivity contribution < 1.29 is 38.0 Å². The highest BCUT2D eigenvalue weighted by molar-refractivity contribution is 5.81. The minimum Gasteiger partial charge on any atom is -0.463 e. The summed E-state index contributed by atoms with van der Waals surface area (Å²) in [4.78, 5) is 22.5. The van der Waals surface area contributed by atoms with E-state index in [1.54, 1.807) is 0 Å². The van der Waals surface area contributed by atoms with Crippen LogP contribution in [0.25, 0.3) is 0 Å². The highest BCUT2D eigenvalue weighted by Gasteiger charge is 2.35. The molecule has 0 amide bonds. The molecule has 0 bridgehead atoms. The number of hydrogen-bond donors (Lipinski definition) is 0. The molecule has 1 saturated heterocycles. The van der Waals surface area contributed by atoms with Crippen LogP contribution in [0.2, 0.25) is 0 Å². The maximum Gasteiger partial charge on any atom is 0.330 e. The third-order valence-corrected chi connectivity index (χ3v) is 13.1. The molecule has 0 aromatic heterocycles. The number of esters is 2. The van der Waals surface area contributed by atoms with Crippen molar-refractivity contribution in [3.8, 4) is 0 Å². The number of carbonyl (C=O) groups is 2. The van der Waals surface area contributed by atoms with E-state index < -0.39 is 12.6 Å². The van der Waals surface area contributed by atoms with Crippen LogP contribution in [0.3, 0.4) is 0 Å². The lowest BCUT2D eigenvalue weighted by molar-refractivity contribution is -0.325. The van der Waals surface area contributed by atoms with Crippen molar-refractivity contribution in [2.45, 2.75) is 141 Å². The van der Waals surface area contributed by atoms with Gasteiger partial charge in [0.2, 0.25) is 12.6 Å². The lowest BCUT2D eigenvalue weighted by Crippen LogP contribution is -2.43.